The Balaban J connectivity index is 1.34. The number of aromatic nitrogens is 1. The molecule has 4 rings (SSSR count). The number of carbonyl (C=O) groups excluding carboxylic acids is 1. The molecule has 1 aromatic rings. The zero-order valence-corrected chi connectivity index (χ0v) is 14.4. The van der Waals surface area contributed by atoms with E-state index in [4.69, 9.17) is 14.2 Å². The number of rotatable bonds is 4. The number of pyridine rings is 1. The van der Waals surface area contributed by atoms with Gasteiger partial charge in [0.05, 0.1) is 19.3 Å². The number of hydrogen-bond donors (Lipinski definition) is 1. The standard InChI is InChI=1S/C18H25N3O4/c22-17(21-7-4-18(5-8-21)24-10-11-25-18)16-12-14(3-6-19-16)20-13-15-2-1-9-23-15/h3,6,12,15H,1-2,4-5,7-11,13H2,(H,19,20). The van der Waals surface area contributed by atoms with E-state index in [2.05, 4.69) is 10.3 Å². The summed E-state index contributed by atoms with van der Waals surface area (Å²) in [5.41, 5.74) is 1.38. The van der Waals surface area contributed by atoms with Crippen LogP contribution in [0, 0.1) is 0 Å². The molecule has 3 saturated heterocycles. The van der Waals surface area contributed by atoms with E-state index in [0.717, 1.165) is 44.5 Å². The molecule has 0 saturated carbocycles. The molecule has 25 heavy (non-hydrogen) atoms. The molecule has 1 unspecified atom stereocenters. The number of piperidine rings is 1. The van der Waals surface area contributed by atoms with Crippen molar-refractivity contribution in [3.63, 3.8) is 0 Å². The van der Waals surface area contributed by atoms with Crippen LogP contribution in [0.1, 0.15) is 36.2 Å². The maximum absolute atomic E-state index is 12.7. The first-order chi connectivity index (χ1) is 12.2. The number of likely N-dealkylation sites (tertiary alicyclic amines) is 1. The van der Waals surface area contributed by atoms with E-state index in [1.165, 1.54) is 0 Å². The first-order valence-corrected chi connectivity index (χ1v) is 9.13. The molecule has 1 N–H and O–H groups in total. The Hall–Kier alpha value is -1.70. The highest BCUT2D eigenvalue weighted by atomic mass is 16.7. The van der Waals surface area contributed by atoms with Gasteiger partial charge in [0.25, 0.3) is 5.91 Å². The summed E-state index contributed by atoms with van der Waals surface area (Å²) in [6.07, 6.45) is 5.59. The summed E-state index contributed by atoms with van der Waals surface area (Å²) in [6, 6.07) is 3.71. The van der Waals surface area contributed by atoms with Crippen molar-refractivity contribution in [2.75, 3.05) is 44.8 Å². The number of ether oxygens (including phenoxy) is 3. The molecular weight excluding hydrogens is 322 g/mol. The van der Waals surface area contributed by atoms with Crippen LogP contribution in [0.15, 0.2) is 18.3 Å². The van der Waals surface area contributed by atoms with E-state index >= 15 is 0 Å². The highest BCUT2D eigenvalue weighted by Gasteiger charge is 2.41. The molecule has 3 fully saturated rings. The minimum atomic E-state index is -0.463. The first kappa shape index (κ1) is 16.8. The van der Waals surface area contributed by atoms with Gasteiger partial charge in [0, 0.05) is 51.0 Å². The fraction of sp³-hybridized carbons (Fsp3) is 0.667. The van der Waals surface area contributed by atoms with Crippen molar-refractivity contribution in [2.45, 2.75) is 37.6 Å². The summed E-state index contributed by atoms with van der Waals surface area (Å²) in [7, 11) is 0. The number of nitrogens with zero attached hydrogens (tertiary/aromatic N) is 2. The summed E-state index contributed by atoms with van der Waals surface area (Å²) in [4.78, 5) is 18.8. The lowest BCUT2D eigenvalue weighted by Crippen LogP contribution is -2.47. The second-order valence-corrected chi connectivity index (χ2v) is 6.85. The van der Waals surface area contributed by atoms with E-state index in [1.54, 1.807) is 6.20 Å². The molecule has 0 radical (unpaired) electrons. The molecule has 1 aromatic heterocycles. The lowest BCUT2D eigenvalue weighted by molar-refractivity contribution is -0.181. The normalized spacial score (nSPS) is 25.4. The number of anilines is 1. The third kappa shape index (κ3) is 3.78. The van der Waals surface area contributed by atoms with Gasteiger partial charge in [-0.1, -0.05) is 0 Å². The maximum atomic E-state index is 12.7. The Kier molecular flexibility index (Phi) is 4.87. The van der Waals surface area contributed by atoms with Crippen molar-refractivity contribution in [3.05, 3.63) is 24.0 Å². The Morgan fingerprint density at radius 3 is 2.80 bits per heavy atom. The number of amides is 1. The molecule has 1 atom stereocenters. The van der Waals surface area contributed by atoms with Crippen LogP contribution in [-0.4, -0.2) is 67.1 Å². The van der Waals surface area contributed by atoms with E-state index in [-0.39, 0.29) is 12.0 Å². The van der Waals surface area contributed by atoms with Gasteiger partial charge in [0.2, 0.25) is 0 Å². The average Bonchev–Trinajstić information content (AvgIpc) is 3.33. The lowest BCUT2D eigenvalue weighted by Gasteiger charge is -2.37. The topological polar surface area (TPSA) is 72.9 Å². The summed E-state index contributed by atoms with van der Waals surface area (Å²) in [5.74, 6) is -0.497. The van der Waals surface area contributed by atoms with E-state index in [9.17, 15) is 4.79 Å². The number of nitrogens with one attached hydrogen (secondary N) is 1. The van der Waals surface area contributed by atoms with E-state index in [0.29, 0.717) is 32.0 Å². The Morgan fingerprint density at radius 2 is 2.08 bits per heavy atom. The number of hydrogen-bond acceptors (Lipinski definition) is 6. The minimum absolute atomic E-state index is 0.0337. The molecule has 0 aromatic carbocycles. The maximum Gasteiger partial charge on any atom is 0.272 e. The molecule has 0 bridgehead atoms. The average molecular weight is 347 g/mol. The van der Waals surface area contributed by atoms with Gasteiger partial charge in [-0.2, -0.15) is 0 Å². The van der Waals surface area contributed by atoms with Gasteiger partial charge in [-0.25, -0.2) is 0 Å². The largest absolute Gasteiger partial charge is 0.382 e. The lowest BCUT2D eigenvalue weighted by atomic mass is 10.0. The van der Waals surface area contributed by atoms with Crippen molar-refractivity contribution in [3.8, 4) is 0 Å². The summed E-state index contributed by atoms with van der Waals surface area (Å²) in [5, 5.41) is 3.35. The van der Waals surface area contributed by atoms with Crippen molar-refractivity contribution >= 4 is 11.6 Å². The summed E-state index contributed by atoms with van der Waals surface area (Å²) >= 11 is 0. The van der Waals surface area contributed by atoms with Crippen molar-refractivity contribution in [1.29, 1.82) is 0 Å². The van der Waals surface area contributed by atoms with Gasteiger partial charge >= 0.3 is 0 Å². The third-order valence-electron chi connectivity index (χ3n) is 5.16. The quantitative estimate of drug-likeness (QED) is 0.893. The minimum Gasteiger partial charge on any atom is -0.382 e. The van der Waals surface area contributed by atoms with E-state index in [1.807, 2.05) is 17.0 Å². The molecule has 1 spiro atoms. The molecule has 1 amide bonds. The summed E-state index contributed by atoms with van der Waals surface area (Å²) in [6.45, 7) is 4.17. The van der Waals surface area contributed by atoms with Crippen LogP contribution in [0.5, 0.6) is 0 Å². The van der Waals surface area contributed by atoms with Crippen molar-refractivity contribution in [1.82, 2.24) is 9.88 Å². The fourth-order valence-electron chi connectivity index (χ4n) is 3.69. The van der Waals surface area contributed by atoms with Crippen molar-refractivity contribution < 1.29 is 19.0 Å². The molecule has 7 nitrogen and oxygen atoms in total. The third-order valence-corrected chi connectivity index (χ3v) is 5.16. The Bertz CT molecular complexity index is 602. The zero-order chi connectivity index (χ0) is 17.1. The second-order valence-electron chi connectivity index (χ2n) is 6.85. The molecule has 136 valence electrons. The molecule has 7 heteroatoms. The van der Waals surface area contributed by atoms with Crippen molar-refractivity contribution in [2.24, 2.45) is 0 Å². The SMILES string of the molecule is O=C(c1cc(NCC2CCCO2)ccn1)N1CCC2(CC1)OCCO2. The highest BCUT2D eigenvalue weighted by Crippen LogP contribution is 2.31. The number of carbonyl (C=O) groups is 1. The van der Waals surface area contributed by atoms with Crippen LogP contribution < -0.4 is 5.32 Å². The van der Waals surface area contributed by atoms with Crippen LogP contribution in [0.25, 0.3) is 0 Å². The van der Waals surface area contributed by atoms with Crippen LogP contribution in [0.3, 0.4) is 0 Å². The van der Waals surface area contributed by atoms with Gasteiger partial charge in [-0.3, -0.25) is 9.78 Å². The predicted octanol–water partition coefficient (Wildman–Crippen LogP) is 1.65. The van der Waals surface area contributed by atoms with Gasteiger partial charge < -0.3 is 24.4 Å². The van der Waals surface area contributed by atoms with Crippen LogP contribution in [-0.2, 0) is 14.2 Å². The zero-order valence-electron chi connectivity index (χ0n) is 14.4. The highest BCUT2D eigenvalue weighted by molar-refractivity contribution is 5.93. The Morgan fingerprint density at radius 1 is 1.28 bits per heavy atom. The van der Waals surface area contributed by atoms with Crippen LogP contribution in [0.4, 0.5) is 5.69 Å². The molecular formula is C18H25N3O4. The Labute approximate surface area is 147 Å². The predicted molar refractivity (Wildman–Crippen MR) is 91.5 cm³/mol. The summed E-state index contributed by atoms with van der Waals surface area (Å²) < 4.78 is 17.1. The van der Waals surface area contributed by atoms with Crippen LogP contribution >= 0.6 is 0 Å². The molecule has 3 aliphatic rings. The van der Waals surface area contributed by atoms with Gasteiger partial charge in [-0.15, -0.1) is 0 Å². The van der Waals surface area contributed by atoms with Gasteiger partial charge in [-0.05, 0) is 25.0 Å². The second kappa shape index (κ2) is 7.27. The van der Waals surface area contributed by atoms with Crippen LogP contribution in [0.2, 0.25) is 0 Å². The van der Waals surface area contributed by atoms with E-state index < -0.39 is 5.79 Å². The smallest absolute Gasteiger partial charge is 0.272 e. The monoisotopic (exact) mass is 347 g/mol. The molecule has 4 heterocycles. The molecule has 0 aliphatic carbocycles. The fourth-order valence-corrected chi connectivity index (χ4v) is 3.69. The van der Waals surface area contributed by atoms with Gasteiger partial charge in [0.15, 0.2) is 5.79 Å². The molecule has 3 aliphatic heterocycles. The first-order valence-electron chi connectivity index (χ1n) is 9.13. The van der Waals surface area contributed by atoms with Gasteiger partial charge in [0.1, 0.15) is 5.69 Å².